The SMILES string of the molecule is CCOCc1cc(C(C)(C)c2cc(CC(C)O)c(O)c(CC(C)O)c2)cc(COCC)c1O. The zero-order chi connectivity index (χ0) is 24.8. The molecule has 2 aromatic carbocycles. The summed E-state index contributed by atoms with van der Waals surface area (Å²) in [5.74, 6) is 0.308. The van der Waals surface area contributed by atoms with Crippen molar-refractivity contribution in [2.75, 3.05) is 13.2 Å². The van der Waals surface area contributed by atoms with Crippen molar-refractivity contribution in [3.05, 3.63) is 57.6 Å². The highest BCUT2D eigenvalue weighted by Gasteiger charge is 2.28. The summed E-state index contributed by atoms with van der Waals surface area (Å²) in [7, 11) is 0. The molecular weight excluding hydrogens is 420 g/mol. The van der Waals surface area contributed by atoms with Crippen molar-refractivity contribution in [3.8, 4) is 11.5 Å². The molecule has 0 amide bonds. The largest absolute Gasteiger partial charge is 0.507 e. The van der Waals surface area contributed by atoms with E-state index in [1.807, 2.05) is 38.1 Å². The Balaban J connectivity index is 2.65. The Bertz CT molecular complexity index is 857. The van der Waals surface area contributed by atoms with Crippen LogP contribution in [0, 0.1) is 0 Å². The third kappa shape index (κ3) is 6.93. The van der Waals surface area contributed by atoms with E-state index in [9.17, 15) is 20.4 Å². The predicted molar refractivity (Wildman–Crippen MR) is 130 cm³/mol. The van der Waals surface area contributed by atoms with Gasteiger partial charge in [0, 0.05) is 42.6 Å². The summed E-state index contributed by atoms with van der Waals surface area (Å²) in [5, 5.41) is 41.5. The fraction of sp³-hybridized carbons (Fsp3) is 0.556. The van der Waals surface area contributed by atoms with E-state index in [0.717, 1.165) is 11.1 Å². The van der Waals surface area contributed by atoms with E-state index in [-0.39, 0.29) is 11.5 Å². The molecule has 2 rings (SSSR count). The first kappa shape index (κ1) is 27.1. The van der Waals surface area contributed by atoms with E-state index in [4.69, 9.17) is 9.47 Å². The lowest BCUT2D eigenvalue weighted by atomic mass is 9.75. The molecule has 2 aromatic rings. The van der Waals surface area contributed by atoms with Crippen LogP contribution in [0.2, 0.25) is 0 Å². The maximum atomic E-state index is 10.8. The number of benzene rings is 2. The van der Waals surface area contributed by atoms with Crippen LogP contribution in [0.25, 0.3) is 0 Å². The van der Waals surface area contributed by atoms with Crippen LogP contribution in [-0.2, 0) is 40.9 Å². The standard InChI is InChI=1S/C27H40O6/c1-7-32-15-21-13-24(14-22(26(21)31)16-33-8-2)27(5,6)23-11-19(9-17(3)28)25(30)20(12-23)10-18(4)29/h11-14,17-18,28-31H,7-10,15-16H2,1-6H3. The molecule has 0 heterocycles. The number of aliphatic hydroxyl groups excluding tert-OH is 2. The third-order valence-electron chi connectivity index (χ3n) is 5.93. The molecule has 0 saturated heterocycles. The van der Waals surface area contributed by atoms with Gasteiger partial charge in [0.15, 0.2) is 0 Å². The van der Waals surface area contributed by atoms with Gasteiger partial charge in [0.1, 0.15) is 11.5 Å². The zero-order valence-electron chi connectivity index (χ0n) is 20.8. The summed E-state index contributed by atoms with van der Waals surface area (Å²) in [4.78, 5) is 0. The second-order valence-electron chi connectivity index (χ2n) is 9.29. The maximum Gasteiger partial charge on any atom is 0.126 e. The number of aliphatic hydroxyl groups is 2. The van der Waals surface area contributed by atoms with Gasteiger partial charge in [-0.2, -0.15) is 0 Å². The average molecular weight is 461 g/mol. The minimum absolute atomic E-state index is 0.121. The summed E-state index contributed by atoms with van der Waals surface area (Å²) in [6.45, 7) is 13.0. The molecular formula is C27H40O6. The Hall–Kier alpha value is -2.12. The predicted octanol–water partition coefficient (Wildman–Crippen LogP) is 4.34. The lowest BCUT2D eigenvalue weighted by Crippen LogP contribution is -2.21. The van der Waals surface area contributed by atoms with Crippen LogP contribution in [0.4, 0.5) is 0 Å². The fourth-order valence-corrected chi connectivity index (χ4v) is 4.00. The van der Waals surface area contributed by atoms with Gasteiger partial charge in [-0.15, -0.1) is 0 Å². The molecule has 4 N–H and O–H groups in total. The molecule has 33 heavy (non-hydrogen) atoms. The monoisotopic (exact) mass is 460 g/mol. The first-order valence-corrected chi connectivity index (χ1v) is 11.7. The van der Waals surface area contributed by atoms with E-state index in [1.54, 1.807) is 13.8 Å². The molecule has 0 radical (unpaired) electrons. The Morgan fingerprint density at radius 1 is 0.697 bits per heavy atom. The van der Waals surface area contributed by atoms with Crippen molar-refractivity contribution in [1.82, 2.24) is 0 Å². The van der Waals surface area contributed by atoms with Crippen LogP contribution in [0.15, 0.2) is 24.3 Å². The van der Waals surface area contributed by atoms with Crippen LogP contribution >= 0.6 is 0 Å². The summed E-state index contributed by atoms with van der Waals surface area (Å²) in [6, 6.07) is 7.75. The van der Waals surface area contributed by atoms with E-state index in [2.05, 4.69) is 13.8 Å². The van der Waals surface area contributed by atoms with Crippen molar-refractivity contribution >= 4 is 0 Å². The van der Waals surface area contributed by atoms with Crippen LogP contribution in [0.1, 0.15) is 74.9 Å². The normalized spacial score (nSPS) is 13.8. The van der Waals surface area contributed by atoms with Gasteiger partial charge in [0.2, 0.25) is 0 Å². The summed E-state index contributed by atoms with van der Waals surface area (Å²) < 4.78 is 11.2. The Morgan fingerprint density at radius 3 is 1.36 bits per heavy atom. The van der Waals surface area contributed by atoms with Crippen LogP contribution in [0.3, 0.4) is 0 Å². The Labute approximate surface area is 197 Å². The zero-order valence-corrected chi connectivity index (χ0v) is 20.8. The molecule has 2 atom stereocenters. The lowest BCUT2D eigenvalue weighted by Gasteiger charge is -2.30. The molecule has 6 heteroatoms. The number of hydrogen-bond acceptors (Lipinski definition) is 6. The summed E-state index contributed by atoms with van der Waals surface area (Å²) in [6.07, 6.45) is -0.608. The highest BCUT2D eigenvalue weighted by atomic mass is 16.5. The molecule has 184 valence electrons. The van der Waals surface area contributed by atoms with Gasteiger partial charge in [-0.1, -0.05) is 26.0 Å². The second-order valence-corrected chi connectivity index (χ2v) is 9.29. The lowest BCUT2D eigenvalue weighted by molar-refractivity contribution is 0.126. The number of rotatable bonds is 12. The topological polar surface area (TPSA) is 99.4 Å². The van der Waals surface area contributed by atoms with Crippen molar-refractivity contribution in [2.45, 2.75) is 85.2 Å². The molecule has 0 spiro atoms. The number of hydrogen-bond donors (Lipinski definition) is 4. The molecule has 0 aliphatic carbocycles. The number of ether oxygens (including phenoxy) is 2. The average Bonchev–Trinajstić information content (AvgIpc) is 2.73. The minimum atomic E-state index is -0.613. The van der Waals surface area contributed by atoms with Gasteiger partial charge < -0.3 is 29.9 Å². The second kappa shape index (κ2) is 11.8. The molecule has 0 aromatic heterocycles. The van der Waals surface area contributed by atoms with E-state index >= 15 is 0 Å². The quantitative estimate of drug-likeness (QED) is 0.376. The highest BCUT2D eigenvalue weighted by Crippen LogP contribution is 2.39. The molecule has 0 aliphatic rings. The van der Waals surface area contributed by atoms with Crippen LogP contribution in [-0.4, -0.2) is 45.8 Å². The van der Waals surface area contributed by atoms with Crippen LogP contribution < -0.4 is 0 Å². The first-order valence-electron chi connectivity index (χ1n) is 11.7. The van der Waals surface area contributed by atoms with Gasteiger partial charge in [-0.3, -0.25) is 0 Å². The number of phenolic OH excluding ortho intramolecular Hbond substituents is 2. The molecule has 0 saturated carbocycles. The smallest absolute Gasteiger partial charge is 0.126 e. The number of aromatic hydroxyl groups is 2. The number of phenols is 2. The molecule has 0 bridgehead atoms. The van der Waals surface area contributed by atoms with E-state index in [0.29, 0.717) is 61.5 Å². The minimum Gasteiger partial charge on any atom is -0.507 e. The summed E-state index contributed by atoms with van der Waals surface area (Å²) >= 11 is 0. The van der Waals surface area contributed by atoms with Gasteiger partial charge in [0.05, 0.1) is 25.4 Å². The molecule has 0 aliphatic heterocycles. The Kier molecular flexibility index (Phi) is 9.73. The fourth-order valence-electron chi connectivity index (χ4n) is 4.00. The van der Waals surface area contributed by atoms with Gasteiger partial charge in [-0.25, -0.2) is 0 Å². The Morgan fingerprint density at radius 2 is 1.03 bits per heavy atom. The molecule has 0 fully saturated rings. The van der Waals surface area contributed by atoms with Crippen LogP contribution in [0.5, 0.6) is 11.5 Å². The summed E-state index contributed by atoms with van der Waals surface area (Å²) in [5.41, 5.74) is 4.12. The van der Waals surface area contributed by atoms with E-state index in [1.165, 1.54) is 0 Å². The molecule has 2 unspecified atom stereocenters. The van der Waals surface area contributed by atoms with Crippen molar-refractivity contribution in [2.24, 2.45) is 0 Å². The van der Waals surface area contributed by atoms with Crippen molar-refractivity contribution < 1.29 is 29.9 Å². The van der Waals surface area contributed by atoms with Gasteiger partial charge >= 0.3 is 0 Å². The van der Waals surface area contributed by atoms with E-state index < -0.39 is 17.6 Å². The highest BCUT2D eigenvalue weighted by molar-refractivity contribution is 5.52. The maximum absolute atomic E-state index is 10.8. The van der Waals surface area contributed by atoms with Crippen molar-refractivity contribution in [1.29, 1.82) is 0 Å². The first-order chi connectivity index (χ1) is 15.5. The van der Waals surface area contributed by atoms with Gasteiger partial charge in [-0.05, 0) is 62.1 Å². The molecule has 6 nitrogen and oxygen atoms in total. The van der Waals surface area contributed by atoms with Gasteiger partial charge in [0.25, 0.3) is 0 Å². The third-order valence-corrected chi connectivity index (χ3v) is 5.93. The van der Waals surface area contributed by atoms with Crippen molar-refractivity contribution in [3.63, 3.8) is 0 Å².